The highest BCUT2D eigenvalue weighted by molar-refractivity contribution is 5.77. The molecule has 0 saturated carbocycles. The summed E-state index contributed by atoms with van der Waals surface area (Å²) < 4.78 is 16.1. The second-order valence-electron chi connectivity index (χ2n) is 6.57. The van der Waals surface area contributed by atoms with Crippen LogP contribution in [0.4, 0.5) is 0 Å². The van der Waals surface area contributed by atoms with Gasteiger partial charge in [0.1, 0.15) is 24.0 Å². The molecule has 1 aliphatic rings. The maximum Gasteiger partial charge on any atom is 0.314 e. The van der Waals surface area contributed by atoms with Gasteiger partial charge in [0, 0.05) is 0 Å². The van der Waals surface area contributed by atoms with Crippen LogP contribution in [0.1, 0.15) is 26.7 Å². The molecule has 7 nitrogen and oxygen atoms in total. The van der Waals surface area contributed by atoms with Crippen molar-refractivity contribution in [2.45, 2.75) is 26.7 Å². The van der Waals surface area contributed by atoms with Gasteiger partial charge in [-0.1, -0.05) is 0 Å². The number of likely N-dealkylation sites (tertiary alicyclic amines) is 1. The number of ether oxygens (including phenoxy) is 3. The molecule has 1 aliphatic heterocycles. The van der Waals surface area contributed by atoms with Crippen molar-refractivity contribution in [3.8, 4) is 11.5 Å². The lowest BCUT2D eigenvalue weighted by Gasteiger charge is -2.28. The Balaban J connectivity index is 1.63. The highest BCUT2D eigenvalue weighted by atomic mass is 16.5. The summed E-state index contributed by atoms with van der Waals surface area (Å²) in [5.74, 6) is 1.29. The van der Waals surface area contributed by atoms with Crippen LogP contribution < -0.4 is 19.7 Å². The van der Waals surface area contributed by atoms with E-state index in [-0.39, 0.29) is 17.8 Å². The van der Waals surface area contributed by atoms with E-state index in [0.29, 0.717) is 39.5 Å². The number of rotatable bonds is 10. The first kappa shape index (κ1) is 21.0. The average molecular weight is 379 g/mol. The van der Waals surface area contributed by atoms with E-state index in [1.807, 2.05) is 38.1 Å². The van der Waals surface area contributed by atoms with Crippen molar-refractivity contribution in [2.75, 3.05) is 46.0 Å². The molecule has 27 heavy (non-hydrogen) atoms. The van der Waals surface area contributed by atoms with Crippen molar-refractivity contribution in [3.05, 3.63) is 24.3 Å². The van der Waals surface area contributed by atoms with Gasteiger partial charge in [-0.05, 0) is 51.0 Å². The van der Waals surface area contributed by atoms with Gasteiger partial charge >= 0.3 is 5.97 Å². The lowest BCUT2D eigenvalue weighted by molar-refractivity contribution is -0.899. The summed E-state index contributed by atoms with van der Waals surface area (Å²) in [6, 6.07) is 7.41. The van der Waals surface area contributed by atoms with Crippen LogP contribution in [-0.4, -0.2) is 57.9 Å². The standard InChI is InChI=1S/C20H30N2O5/c1-3-25-17-7-9-18(10-8-17)27-13-11-21-19(23)15-22-12-5-6-16(14-22)20(24)26-4-2/h7-10,16H,3-6,11-15H2,1-2H3,(H,21,23)/p+1/t16-/m1/s1. The molecule has 0 radical (unpaired) electrons. The molecule has 1 amide bonds. The molecule has 1 fully saturated rings. The Morgan fingerprint density at radius 3 is 2.48 bits per heavy atom. The van der Waals surface area contributed by atoms with Gasteiger partial charge in [0.25, 0.3) is 5.91 Å². The van der Waals surface area contributed by atoms with Crippen molar-refractivity contribution >= 4 is 11.9 Å². The minimum Gasteiger partial charge on any atom is -0.494 e. The van der Waals surface area contributed by atoms with Crippen molar-refractivity contribution in [1.29, 1.82) is 0 Å². The number of esters is 1. The molecule has 2 N–H and O–H groups in total. The summed E-state index contributed by atoms with van der Waals surface area (Å²) in [6.45, 7) is 7.58. The van der Waals surface area contributed by atoms with E-state index < -0.39 is 0 Å². The Morgan fingerprint density at radius 2 is 1.81 bits per heavy atom. The topological polar surface area (TPSA) is 78.3 Å². The number of hydrogen-bond donors (Lipinski definition) is 2. The van der Waals surface area contributed by atoms with E-state index in [4.69, 9.17) is 14.2 Å². The van der Waals surface area contributed by atoms with Gasteiger partial charge in [-0.3, -0.25) is 9.59 Å². The van der Waals surface area contributed by atoms with Crippen molar-refractivity contribution in [2.24, 2.45) is 5.92 Å². The number of carbonyl (C=O) groups excluding carboxylic acids is 2. The monoisotopic (exact) mass is 379 g/mol. The van der Waals surface area contributed by atoms with Gasteiger partial charge in [-0.2, -0.15) is 0 Å². The summed E-state index contributed by atoms with van der Waals surface area (Å²) in [4.78, 5) is 25.1. The Bertz CT molecular complexity index is 591. The Hall–Kier alpha value is -2.28. The number of nitrogens with one attached hydrogen (secondary N) is 2. The van der Waals surface area contributed by atoms with Crippen LogP contribution >= 0.6 is 0 Å². The first-order chi connectivity index (χ1) is 13.1. The summed E-state index contributed by atoms with van der Waals surface area (Å²) >= 11 is 0. The first-order valence-corrected chi connectivity index (χ1v) is 9.75. The van der Waals surface area contributed by atoms with Crippen LogP contribution in [0.5, 0.6) is 11.5 Å². The van der Waals surface area contributed by atoms with Crippen LogP contribution in [0.2, 0.25) is 0 Å². The number of piperidine rings is 1. The second-order valence-corrected chi connectivity index (χ2v) is 6.57. The third-order valence-corrected chi connectivity index (χ3v) is 4.48. The van der Waals surface area contributed by atoms with Gasteiger partial charge in [0.05, 0.1) is 32.8 Å². The van der Waals surface area contributed by atoms with E-state index >= 15 is 0 Å². The molecule has 7 heteroatoms. The van der Waals surface area contributed by atoms with Crippen LogP contribution in [0.25, 0.3) is 0 Å². The predicted molar refractivity (Wildman–Crippen MR) is 101 cm³/mol. The summed E-state index contributed by atoms with van der Waals surface area (Å²) in [7, 11) is 0. The Morgan fingerprint density at radius 1 is 1.11 bits per heavy atom. The molecule has 0 spiro atoms. The molecule has 1 unspecified atom stereocenters. The van der Waals surface area contributed by atoms with E-state index in [1.54, 1.807) is 0 Å². The Kier molecular flexibility index (Phi) is 8.91. The van der Waals surface area contributed by atoms with Crippen LogP contribution in [0.3, 0.4) is 0 Å². The molecule has 150 valence electrons. The largest absolute Gasteiger partial charge is 0.494 e. The number of quaternary nitrogens is 1. The van der Waals surface area contributed by atoms with Crippen LogP contribution in [-0.2, 0) is 14.3 Å². The molecule has 0 bridgehead atoms. The fourth-order valence-corrected chi connectivity index (χ4v) is 3.22. The molecule has 1 saturated heterocycles. The molecule has 0 aromatic heterocycles. The molecule has 1 heterocycles. The zero-order chi connectivity index (χ0) is 19.5. The van der Waals surface area contributed by atoms with Crippen molar-refractivity contribution in [3.63, 3.8) is 0 Å². The quantitative estimate of drug-likeness (QED) is 0.456. The highest BCUT2D eigenvalue weighted by Gasteiger charge is 2.30. The third kappa shape index (κ3) is 7.46. The summed E-state index contributed by atoms with van der Waals surface area (Å²) in [6.07, 6.45) is 1.78. The summed E-state index contributed by atoms with van der Waals surface area (Å²) in [5, 5.41) is 2.88. The van der Waals surface area contributed by atoms with Crippen LogP contribution in [0.15, 0.2) is 24.3 Å². The summed E-state index contributed by atoms with van der Waals surface area (Å²) in [5.41, 5.74) is 0. The molecular weight excluding hydrogens is 348 g/mol. The van der Waals surface area contributed by atoms with Gasteiger partial charge in [-0.25, -0.2) is 0 Å². The Labute approximate surface area is 161 Å². The fraction of sp³-hybridized carbons (Fsp3) is 0.600. The minimum atomic E-state index is -0.140. The zero-order valence-electron chi connectivity index (χ0n) is 16.3. The molecule has 1 aromatic rings. The van der Waals surface area contributed by atoms with Crippen molar-refractivity contribution < 1.29 is 28.7 Å². The molecule has 2 rings (SSSR count). The minimum absolute atomic E-state index is 0.0233. The highest BCUT2D eigenvalue weighted by Crippen LogP contribution is 2.17. The van der Waals surface area contributed by atoms with Gasteiger partial charge in [-0.15, -0.1) is 0 Å². The molecule has 2 atom stereocenters. The zero-order valence-corrected chi connectivity index (χ0v) is 16.3. The van der Waals surface area contributed by atoms with E-state index in [0.717, 1.165) is 35.8 Å². The number of hydrogen-bond acceptors (Lipinski definition) is 5. The van der Waals surface area contributed by atoms with E-state index in [1.165, 1.54) is 0 Å². The lowest BCUT2D eigenvalue weighted by Crippen LogP contribution is -3.14. The van der Waals surface area contributed by atoms with Crippen molar-refractivity contribution in [1.82, 2.24) is 5.32 Å². The maximum absolute atomic E-state index is 12.1. The molecule has 0 aliphatic carbocycles. The SMILES string of the molecule is CCOC(=O)[C@@H]1CCC[NH+](CC(=O)NCCOc2ccc(OCC)cc2)C1. The number of amides is 1. The molecule has 1 aromatic carbocycles. The van der Waals surface area contributed by atoms with E-state index in [9.17, 15) is 9.59 Å². The number of benzene rings is 1. The lowest BCUT2D eigenvalue weighted by atomic mass is 9.98. The second kappa shape index (κ2) is 11.4. The third-order valence-electron chi connectivity index (χ3n) is 4.48. The normalized spacial score (nSPS) is 19.2. The van der Waals surface area contributed by atoms with Gasteiger partial charge in [0.2, 0.25) is 0 Å². The molecular formula is C20H31N2O5+. The van der Waals surface area contributed by atoms with Gasteiger partial charge < -0.3 is 24.4 Å². The first-order valence-electron chi connectivity index (χ1n) is 9.75. The van der Waals surface area contributed by atoms with Crippen LogP contribution in [0, 0.1) is 5.92 Å². The smallest absolute Gasteiger partial charge is 0.314 e. The van der Waals surface area contributed by atoms with E-state index in [2.05, 4.69) is 5.32 Å². The average Bonchev–Trinajstić information content (AvgIpc) is 2.67. The van der Waals surface area contributed by atoms with Gasteiger partial charge in [0.15, 0.2) is 6.54 Å². The predicted octanol–water partition coefficient (Wildman–Crippen LogP) is 0.438. The maximum atomic E-state index is 12.1. The fourth-order valence-electron chi connectivity index (χ4n) is 3.22. The number of carbonyl (C=O) groups is 2.